The van der Waals surface area contributed by atoms with Gasteiger partial charge in [-0.1, -0.05) is 0 Å². The van der Waals surface area contributed by atoms with Crippen molar-refractivity contribution in [3.8, 4) is 5.75 Å². The first-order valence-electron chi connectivity index (χ1n) is 8.63. The van der Waals surface area contributed by atoms with Crippen molar-refractivity contribution in [2.24, 2.45) is 0 Å². The summed E-state index contributed by atoms with van der Waals surface area (Å²) in [6.07, 6.45) is -1.34. The first-order chi connectivity index (χ1) is 13.7. The number of methoxy groups -OCH3 is 1. The van der Waals surface area contributed by atoms with Crippen LogP contribution in [0.25, 0.3) is 0 Å². The molecule has 0 bridgehead atoms. The number of nitro benzene ring substituents is 1. The fraction of sp³-hybridized carbons (Fsp3) is 0.316. The van der Waals surface area contributed by atoms with Gasteiger partial charge in [-0.2, -0.15) is 0 Å². The van der Waals surface area contributed by atoms with Crippen LogP contribution in [0.5, 0.6) is 5.75 Å². The van der Waals surface area contributed by atoms with Crippen molar-refractivity contribution < 1.29 is 28.8 Å². The average Bonchev–Trinajstić information content (AvgIpc) is 3.12. The van der Waals surface area contributed by atoms with E-state index >= 15 is 0 Å². The molecule has 1 unspecified atom stereocenters. The molecule has 0 spiro atoms. The molecule has 1 N–H and O–H groups in total. The monoisotopic (exact) mass is 420 g/mol. The zero-order valence-electron chi connectivity index (χ0n) is 16.1. The maximum Gasteiger partial charge on any atom is 0.307 e. The number of hydrogen-bond donors (Lipinski definition) is 1. The van der Waals surface area contributed by atoms with E-state index in [4.69, 9.17) is 9.47 Å². The largest absolute Gasteiger partial charge is 0.495 e. The van der Waals surface area contributed by atoms with E-state index in [-0.39, 0.29) is 35.7 Å². The van der Waals surface area contributed by atoms with Crippen LogP contribution in [0.1, 0.15) is 34.3 Å². The van der Waals surface area contributed by atoms with Gasteiger partial charge in [0.05, 0.1) is 29.0 Å². The first kappa shape index (κ1) is 22.0. The molecular weight excluding hydrogens is 400 g/mol. The summed E-state index contributed by atoms with van der Waals surface area (Å²) < 4.78 is 10.1. The molecule has 1 aromatic heterocycles. The summed E-state index contributed by atoms with van der Waals surface area (Å²) in [6.45, 7) is 3.24. The van der Waals surface area contributed by atoms with E-state index in [0.29, 0.717) is 4.88 Å². The van der Waals surface area contributed by atoms with Crippen molar-refractivity contribution in [3.63, 3.8) is 0 Å². The molecule has 1 atom stereocenters. The molecule has 2 rings (SSSR count). The standard InChI is InChI=1S/C19H20N2O7S/c1-11-4-8-17(29-11)15(22)6-9-18(23)28-12(2)19(24)20-14-10-13(21(25)26)5-7-16(14)27-3/h4-5,7-8,10,12H,6,9H2,1-3H3,(H,20,24). The number of esters is 1. The number of carbonyl (C=O) groups excluding carboxylic acids is 3. The number of hydrogen-bond acceptors (Lipinski definition) is 8. The fourth-order valence-corrected chi connectivity index (χ4v) is 3.21. The second kappa shape index (κ2) is 9.78. The van der Waals surface area contributed by atoms with E-state index in [1.165, 1.54) is 37.5 Å². The maximum absolute atomic E-state index is 12.3. The Bertz CT molecular complexity index is 938. The molecule has 1 heterocycles. The summed E-state index contributed by atoms with van der Waals surface area (Å²) in [5, 5.41) is 13.3. The predicted octanol–water partition coefficient (Wildman–Crippen LogP) is 3.51. The third-order valence-corrected chi connectivity index (χ3v) is 4.94. The molecule has 2 aromatic rings. The Labute approximate surface area is 170 Å². The van der Waals surface area contributed by atoms with Crippen LogP contribution in [0, 0.1) is 17.0 Å². The van der Waals surface area contributed by atoms with E-state index in [0.717, 1.165) is 10.9 Å². The number of amides is 1. The number of Topliss-reactive ketones (excluding diaryl/α,β-unsaturated/α-hetero) is 1. The Morgan fingerprint density at radius 2 is 1.93 bits per heavy atom. The Morgan fingerprint density at radius 1 is 1.21 bits per heavy atom. The Morgan fingerprint density at radius 3 is 2.52 bits per heavy atom. The molecule has 0 aliphatic carbocycles. The SMILES string of the molecule is COc1ccc([N+](=O)[O-])cc1NC(=O)C(C)OC(=O)CCC(=O)c1ccc(C)s1. The molecule has 9 nitrogen and oxygen atoms in total. The van der Waals surface area contributed by atoms with Gasteiger partial charge in [-0.15, -0.1) is 11.3 Å². The van der Waals surface area contributed by atoms with E-state index < -0.39 is 22.9 Å². The van der Waals surface area contributed by atoms with Gasteiger partial charge in [-0.05, 0) is 32.0 Å². The van der Waals surface area contributed by atoms with Gasteiger partial charge in [0.15, 0.2) is 11.9 Å². The van der Waals surface area contributed by atoms with Crippen LogP contribution in [0.15, 0.2) is 30.3 Å². The van der Waals surface area contributed by atoms with Crippen LogP contribution in [-0.2, 0) is 14.3 Å². The number of aryl methyl sites for hydroxylation is 1. The number of carbonyl (C=O) groups is 3. The van der Waals surface area contributed by atoms with E-state index in [9.17, 15) is 24.5 Å². The van der Waals surface area contributed by atoms with E-state index in [1.54, 1.807) is 6.07 Å². The average molecular weight is 420 g/mol. The maximum atomic E-state index is 12.3. The van der Waals surface area contributed by atoms with Gasteiger partial charge in [0.25, 0.3) is 11.6 Å². The summed E-state index contributed by atoms with van der Waals surface area (Å²) in [5.41, 5.74) is -0.147. The van der Waals surface area contributed by atoms with Gasteiger partial charge >= 0.3 is 5.97 Å². The van der Waals surface area contributed by atoms with Crippen LogP contribution in [0.2, 0.25) is 0 Å². The van der Waals surface area contributed by atoms with Crippen LogP contribution >= 0.6 is 11.3 Å². The minimum Gasteiger partial charge on any atom is -0.495 e. The topological polar surface area (TPSA) is 125 Å². The molecule has 1 aromatic carbocycles. The molecule has 154 valence electrons. The molecule has 0 aliphatic rings. The van der Waals surface area contributed by atoms with Gasteiger partial charge in [0.2, 0.25) is 0 Å². The summed E-state index contributed by atoms with van der Waals surface area (Å²) >= 11 is 1.35. The number of thiophene rings is 1. The number of anilines is 1. The smallest absolute Gasteiger partial charge is 0.307 e. The lowest BCUT2D eigenvalue weighted by Crippen LogP contribution is -2.30. The van der Waals surface area contributed by atoms with Crippen molar-refractivity contribution in [1.82, 2.24) is 0 Å². The number of rotatable bonds is 9. The number of ketones is 1. The minimum atomic E-state index is -1.16. The molecular formula is C19H20N2O7S. The molecule has 0 aliphatic heterocycles. The summed E-state index contributed by atoms with van der Waals surface area (Å²) in [5.74, 6) is -1.32. The van der Waals surface area contributed by atoms with Crippen LogP contribution in [-0.4, -0.2) is 35.8 Å². The quantitative estimate of drug-likeness (QED) is 0.285. The molecule has 10 heteroatoms. The first-order valence-corrected chi connectivity index (χ1v) is 9.45. The minimum absolute atomic E-state index is 0.0220. The zero-order valence-corrected chi connectivity index (χ0v) is 16.9. The molecule has 0 saturated heterocycles. The number of nitro groups is 1. The van der Waals surface area contributed by atoms with Gasteiger partial charge < -0.3 is 14.8 Å². The second-order valence-corrected chi connectivity index (χ2v) is 7.38. The van der Waals surface area contributed by atoms with Crippen molar-refractivity contribution in [2.75, 3.05) is 12.4 Å². The van der Waals surface area contributed by atoms with Crippen molar-refractivity contribution in [2.45, 2.75) is 32.8 Å². The molecule has 0 radical (unpaired) electrons. The summed E-state index contributed by atoms with van der Waals surface area (Å²) in [7, 11) is 1.35. The van der Waals surface area contributed by atoms with Crippen LogP contribution < -0.4 is 10.1 Å². The zero-order chi connectivity index (χ0) is 21.6. The predicted molar refractivity (Wildman–Crippen MR) is 106 cm³/mol. The lowest BCUT2D eigenvalue weighted by Gasteiger charge is -2.15. The van der Waals surface area contributed by atoms with E-state index in [1.807, 2.05) is 13.0 Å². The van der Waals surface area contributed by atoms with Gasteiger partial charge in [-0.3, -0.25) is 24.5 Å². The highest BCUT2D eigenvalue weighted by Gasteiger charge is 2.21. The Kier molecular flexibility index (Phi) is 7.43. The normalized spacial score (nSPS) is 11.4. The molecule has 1 amide bonds. The highest BCUT2D eigenvalue weighted by Crippen LogP contribution is 2.29. The highest BCUT2D eigenvalue weighted by atomic mass is 32.1. The highest BCUT2D eigenvalue weighted by molar-refractivity contribution is 7.14. The third kappa shape index (κ3) is 6.11. The van der Waals surface area contributed by atoms with E-state index in [2.05, 4.69) is 5.32 Å². The summed E-state index contributed by atoms with van der Waals surface area (Å²) in [6, 6.07) is 7.26. The Hall–Kier alpha value is -3.27. The van der Waals surface area contributed by atoms with Crippen molar-refractivity contribution in [3.05, 3.63) is 50.2 Å². The number of nitrogens with zero attached hydrogens (tertiary/aromatic N) is 1. The number of ether oxygens (including phenoxy) is 2. The third-order valence-electron chi connectivity index (χ3n) is 3.90. The van der Waals surface area contributed by atoms with Crippen molar-refractivity contribution >= 4 is 40.4 Å². The Balaban J connectivity index is 1.91. The van der Waals surface area contributed by atoms with Crippen LogP contribution in [0.3, 0.4) is 0 Å². The lowest BCUT2D eigenvalue weighted by atomic mass is 10.2. The number of nitrogens with one attached hydrogen (secondary N) is 1. The molecule has 0 saturated carbocycles. The van der Waals surface area contributed by atoms with Gasteiger partial charge in [0, 0.05) is 23.4 Å². The van der Waals surface area contributed by atoms with Gasteiger partial charge in [-0.25, -0.2) is 0 Å². The van der Waals surface area contributed by atoms with Crippen LogP contribution in [0.4, 0.5) is 11.4 Å². The fourth-order valence-electron chi connectivity index (χ4n) is 2.37. The van der Waals surface area contributed by atoms with Crippen molar-refractivity contribution in [1.29, 1.82) is 0 Å². The molecule has 0 fully saturated rings. The second-order valence-electron chi connectivity index (χ2n) is 6.10. The van der Waals surface area contributed by atoms with Gasteiger partial charge in [0.1, 0.15) is 5.75 Å². The number of benzene rings is 1. The lowest BCUT2D eigenvalue weighted by molar-refractivity contribution is -0.384. The molecule has 29 heavy (non-hydrogen) atoms. The summed E-state index contributed by atoms with van der Waals surface area (Å²) in [4.78, 5) is 48.1. The number of non-ortho nitro benzene ring substituents is 1.